The second-order valence-electron chi connectivity index (χ2n) is 7.06. The minimum absolute atomic E-state index is 0.00914. The molecule has 5 aromatic rings. The minimum atomic E-state index is -0.811. The highest BCUT2D eigenvalue weighted by Crippen LogP contribution is 2.42. The zero-order valence-corrected chi connectivity index (χ0v) is 19.6. The van der Waals surface area contributed by atoms with Crippen LogP contribution in [0.4, 0.5) is 0 Å². The van der Waals surface area contributed by atoms with Crippen molar-refractivity contribution in [2.45, 2.75) is 9.79 Å². The van der Waals surface area contributed by atoms with Crippen LogP contribution in [0, 0.1) is 0 Å². The highest BCUT2D eigenvalue weighted by Gasteiger charge is 2.23. The number of aromatic nitrogens is 1. The fraction of sp³-hybridized carbons (Fsp3) is 0. The van der Waals surface area contributed by atoms with E-state index in [-0.39, 0.29) is 30.9 Å². The van der Waals surface area contributed by atoms with Gasteiger partial charge in [-0.05, 0) is 36.4 Å². The van der Waals surface area contributed by atoms with E-state index in [1.54, 1.807) is 48.5 Å². The summed E-state index contributed by atoms with van der Waals surface area (Å²) in [5.41, 5.74) is -0.188. The summed E-state index contributed by atoms with van der Waals surface area (Å²) in [6.07, 6.45) is 0. The van der Waals surface area contributed by atoms with E-state index < -0.39 is 16.9 Å². The van der Waals surface area contributed by atoms with Crippen LogP contribution < -0.4 is 11.2 Å². The van der Waals surface area contributed by atoms with Crippen molar-refractivity contribution in [2.24, 2.45) is 0 Å². The number of benzene rings is 3. The standard InChI is InChI=1S/C24H12Cl3NO4S/c25-14-10-16(27)18(11-15(14)26)33-22-20(29)19-21(32-24(22)31)13-8-4-5-9-17(13)28(23(19)30)12-6-2-1-3-7-12/h1-11,29H. The smallest absolute Gasteiger partial charge is 0.354 e. The van der Waals surface area contributed by atoms with Gasteiger partial charge in [-0.15, -0.1) is 0 Å². The third kappa shape index (κ3) is 3.69. The summed E-state index contributed by atoms with van der Waals surface area (Å²) in [6, 6.07) is 18.9. The molecule has 2 heterocycles. The Bertz CT molecular complexity index is 1680. The molecule has 0 radical (unpaired) electrons. The molecule has 5 nitrogen and oxygen atoms in total. The molecule has 0 saturated heterocycles. The van der Waals surface area contributed by atoms with Crippen LogP contribution in [0.1, 0.15) is 0 Å². The van der Waals surface area contributed by atoms with Gasteiger partial charge in [0.05, 0.1) is 20.6 Å². The fourth-order valence-electron chi connectivity index (χ4n) is 3.59. The third-order valence-corrected chi connectivity index (χ3v) is 7.34. The molecule has 0 atom stereocenters. The molecule has 2 aromatic heterocycles. The van der Waals surface area contributed by atoms with E-state index in [4.69, 9.17) is 39.2 Å². The molecule has 164 valence electrons. The molecule has 0 unspecified atom stereocenters. The first kappa shape index (κ1) is 21.9. The normalized spacial score (nSPS) is 11.4. The topological polar surface area (TPSA) is 72.4 Å². The van der Waals surface area contributed by atoms with Crippen molar-refractivity contribution in [3.8, 4) is 11.4 Å². The van der Waals surface area contributed by atoms with Gasteiger partial charge >= 0.3 is 5.63 Å². The molecule has 0 aliphatic carbocycles. The number of fused-ring (bicyclic) bond motifs is 3. The van der Waals surface area contributed by atoms with Gasteiger partial charge in [-0.3, -0.25) is 9.36 Å². The summed E-state index contributed by atoms with van der Waals surface area (Å²) in [4.78, 5) is 26.7. The second kappa shape index (κ2) is 8.47. The zero-order valence-electron chi connectivity index (χ0n) is 16.5. The number of halogens is 3. The van der Waals surface area contributed by atoms with Crippen molar-refractivity contribution in [1.82, 2.24) is 4.57 Å². The summed E-state index contributed by atoms with van der Waals surface area (Å²) < 4.78 is 7.04. The first-order chi connectivity index (χ1) is 15.9. The number of aromatic hydroxyl groups is 1. The molecular weight excluding hydrogens is 505 g/mol. The number of hydrogen-bond acceptors (Lipinski definition) is 5. The van der Waals surface area contributed by atoms with E-state index in [0.717, 1.165) is 11.8 Å². The summed E-state index contributed by atoms with van der Waals surface area (Å²) in [6.45, 7) is 0. The van der Waals surface area contributed by atoms with Gasteiger partial charge in [-0.1, -0.05) is 76.9 Å². The van der Waals surface area contributed by atoms with Crippen LogP contribution >= 0.6 is 46.6 Å². The molecule has 1 N–H and O–H groups in total. The molecule has 0 aliphatic rings. The molecule has 5 rings (SSSR count). The molecular formula is C24H12Cl3NO4S. The molecule has 0 aliphatic heterocycles. The van der Waals surface area contributed by atoms with Crippen LogP contribution in [-0.2, 0) is 0 Å². The van der Waals surface area contributed by atoms with Crippen molar-refractivity contribution in [2.75, 3.05) is 0 Å². The van der Waals surface area contributed by atoms with Gasteiger partial charge in [0, 0.05) is 16.0 Å². The first-order valence-electron chi connectivity index (χ1n) is 9.58. The predicted molar refractivity (Wildman–Crippen MR) is 133 cm³/mol. The van der Waals surface area contributed by atoms with Crippen molar-refractivity contribution in [1.29, 1.82) is 0 Å². The van der Waals surface area contributed by atoms with Crippen molar-refractivity contribution in [3.63, 3.8) is 0 Å². The molecule has 0 bridgehead atoms. The molecule has 3 aromatic carbocycles. The third-order valence-electron chi connectivity index (χ3n) is 5.07. The van der Waals surface area contributed by atoms with E-state index in [9.17, 15) is 14.7 Å². The predicted octanol–water partition coefficient (Wildman–Crippen LogP) is 6.91. The largest absolute Gasteiger partial charge is 0.505 e. The monoisotopic (exact) mass is 515 g/mol. The number of nitrogens with zero attached hydrogens (tertiary/aromatic N) is 1. The Morgan fingerprint density at radius 2 is 1.52 bits per heavy atom. The molecule has 0 amide bonds. The zero-order chi connectivity index (χ0) is 23.3. The van der Waals surface area contributed by atoms with Crippen LogP contribution in [0.25, 0.3) is 27.6 Å². The van der Waals surface area contributed by atoms with Gasteiger partial charge in [-0.2, -0.15) is 0 Å². The Morgan fingerprint density at radius 3 is 2.27 bits per heavy atom. The minimum Gasteiger partial charge on any atom is -0.505 e. The summed E-state index contributed by atoms with van der Waals surface area (Å²) in [5, 5.41) is 12.2. The average Bonchev–Trinajstić information content (AvgIpc) is 2.80. The lowest BCUT2D eigenvalue weighted by Crippen LogP contribution is -2.20. The molecule has 0 saturated carbocycles. The van der Waals surface area contributed by atoms with Gasteiger partial charge in [0.15, 0.2) is 11.3 Å². The first-order valence-corrected chi connectivity index (χ1v) is 11.5. The van der Waals surface area contributed by atoms with Gasteiger partial charge < -0.3 is 9.52 Å². The highest BCUT2D eigenvalue weighted by atomic mass is 35.5. The SMILES string of the molecule is O=c1oc2c(c(O)c1Sc1cc(Cl)c(Cl)cc1Cl)c(=O)n(-c1ccccc1)c1ccccc21. The number of para-hydroxylation sites is 2. The van der Waals surface area contributed by atoms with E-state index in [1.165, 1.54) is 16.7 Å². The summed E-state index contributed by atoms with van der Waals surface area (Å²) >= 11 is 19.2. The fourth-order valence-corrected chi connectivity index (χ4v) is 5.20. The molecule has 33 heavy (non-hydrogen) atoms. The van der Waals surface area contributed by atoms with Crippen LogP contribution in [0.2, 0.25) is 15.1 Å². The summed E-state index contributed by atoms with van der Waals surface area (Å²) in [5.74, 6) is -0.492. The Kier molecular flexibility index (Phi) is 5.62. The number of pyridine rings is 1. The number of hydrogen-bond donors (Lipinski definition) is 1. The van der Waals surface area contributed by atoms with E-state index in [2.05, 4.69) is 0 Å². The lowest BCUT2D eigenvalue weighted by Gasteiger charge is -2.14. The molecule has 0 fully saturated rings. The lowest BCUT2D eigenvalue weighted by molar-refractivity contribution is 0.447. The van der Waals surface area contributed by atoms with Crippen molar-refractivity contribution in [3.05, 3.63) is 103 Å². The Hall–Kier alpha value is -2.90. The Morgan fingerprint density at radius 1 is 0.848 bits per heavy atom. The van der Waals surface area contributed by atoms with Crippen molar-refractivity contribution >= 4 is 68.4 Å². The summed E-state index contributed by atoms with van der Waals surface area (Å²) in [7, 11) is 0. The molecule has 9 heteroatoms. The highest BCUT2D eigenvalue weighted by molar-refractivity contribution is 7.99. The lowest BCUT2D eigenvalue weighted by atomic mass is 10.1. The Balaban J connectivity index is 1.85. The maximum atomic E-state index is 13.6. The van der Waals surface area contributed by atoms with Crippen molar-refractivity contribution < 1.29 is 9.52 Å². The van der Waals surface area contributed by atoms with E-state index >= 15 is 0 Å². The van der Waals surface area contributed by atoms with Gasteiger partial charge in [0.2, 0.25) is 0 Å². The van der Waals surface area contributed by atoms with Gasteiger partial charge in [0.1, 0.15) is 10.3 Å². The average molecular weight is 517 g/mol. The molecule has 0 spiro atoms. The maximum absolute atomic E-state index is 13.6. The van der Waals surface area contributed by atoms with Crippen LogP contribution in [-0.4, -0.2) is 9.67 Å². The van der Waals surface area contributed by atoms with E-state index in [1.807, 2.05) is 6.07 Å². The van der Waals surface area contributed by atoms with Crippen LogP contribution in [0.5, 0.6) is 5.75 Å². The van der Waals surface area contributed by atoms with Crippen LogP contribution in [0.3, 0.4) is 0 Å². The van der Waals surface area contributed by atoms with E-state index in [0.29, 0.717) is 21.5 Å². The second-order valence-corrected chi connectivity index (χ2v) is 9.34. The quantitative estimate of drug-likeness (QED) is 0.208. The Labute approximate surface area is 205 Å². The van der Waals surface area contributed by atoms with Gasteiger partial charge in [-0.25, -0.2) is 4.79 Å². The van der Waals surface area contributed by atoms with Gasteiger partial charge in [0.25, 0.3) is 5.56 Å². The number of rotatable bonds is 3. The maximum Gasteiger partial charge on any atom is 0.354 e. The van der Waals surface area contributed by atoms with Crippen LogP contribution in [0.15, 0.2) is 90.5 Å².